The lowest BCUT2D eigenvalue weighted by Crippen LogP contribution is -2.12. The summed E-state index contributed by atoms with van der Waals surface area (Å²) in [6.07, 6.45) is 0. The molecule has 13 aromatic rings. The van der Waals surface area contributed by atoms with Crippen molar-refractivity contribution in [1.29, 1.82) is 0 Å². The van der Waals surface area contributed by atoms with Gasteiger partial charge in [-0.05, 0) is 123 Å². The summed E-state index contributed by atoms with van der Waals surface area (Å²) in [5.41, 5.74) is 19.4. The van der Waals surface area contributed by atoms with Gasteiger partial charge in [0.1, 0.15) is 22.7 Å². The topological polar surface area (TPSA) is 28.9 Å². The molecule has 0 fully saturated rings. The van der Waals surface area contributed by atoms with Crippen molar-refractivity contribution in [3.05, 3.63) is 279 Å². The van der Waals surface area contributed by atoms with Gasteiger partial charge in [-0.2, -0.15) is 0 Å². The molecule has 0 atom stereocenters. The van der Waals surface area contributed by atoms with Crippen LogP contribution in [-0.2, 0) is 0 Å². The average Bonchev–Trinajstić information content (AvgIpc) is 3.87. The minimum absolute atomic E-state index is 0.811. The lowest BCUT2D eigenvalue weighted by molar-refractivity contribution is 0.487. The zero-order chi connectivity index (χ0) is 49.0. The quantitative estimate of drug-likeness (QED) is 0.137. The number of anilines is 6. The van der Waals surface area contributed by atoms with E-state index in [0.717, 1.165) is 106 Å². The number of benzene rings is 12. The van der Waals surface area contributed by atoms with Crippen LogP contribution < -0.4 is 14.5 Å². The number of hydrogen-bond donors (Lipinski definition) is 0. The van der Waals surface area contributed by atoms with Crippen LogP contribution in [0, 0.1) is 0 Å². The van der Waals surface area contributed by atoms with Gasteiger partial charge in [-0.15, -0.1) is 0 Å². The van der Waals surface area contributed by atoms with Crippen molar-refractivity contribution >= 4 is 66.8 Å². The minimum Gasteiger partial charge on any atom is -0.456 e. The molecule has 1 aliphatic heterocycles. The predicted molar refractivity (Wildman–Crippen MR) is 308 cm³/mol. The molecule has 0 spiro atoms. The van der Waals surface area contributed by atoms with E-state index >= 15 is 0 Å². The second-order valence-corrected chi connectivity index (χ2v) is 18.8. The first kappa shape index (κ1) is 42.9. The van der Waals surface area contributed by atoms with Crippen LogP contribution in [0.15, 0.2) is 283 Å². The highest BCUT2D eigenvalue weighted by Crippen LogP contribution is 2.52. The van der Waals surface area contributed by atoms with Crippen LogP contribution in [0.1, 0.15) is 0 Å². The average molecular weight is 947 g/mol. The van der Waals surface area contributed by atoms with E-state index < -0.39 is 0 Å². The highest BCUT2D eigenvalue weighted by molar-refractivity contribution is 6.12. The first-order chi connectivity index (χ1) is 36.7. The normalized spacial score (nSPS) is 11.6. The summed E-state index contributed by atoms with van der Waals surface area (Å²) in [4.78, 5) is 4.68. The molecule has 0 N–H and O–H groups in total. The maximum Gasteiger partial charge on any atom is 0.143 e. The van der Waals surface area contributed by atoms with Gasteiger partial charge in [-0.1, -0.05) is 194 Å². The Morgan fingerprint density at radius 1 is 0.257 bits per heavy atom. The Balaban J connectivity index is 0.863. The lowest BCUT2D eigenvalue weighted by atomic mass is 9.93. The van der Waals surface area contributed by atoms with Gasteiger partial charge < -0.3 is 19.0 Å². The van der Waals surface area contributed by atoms with Crippen LogP contribution in [0.4, 0.5) is 34.1 Å². The smallest absolute Gasteiger partial charge is 0.143 e. The standard InChI is InChI=1S/C70H46N2O2/c1-4-14-47(15-5-1)50-26-34-54(35-27-50)71(55-36-28-51(29-37-55)48-16-6-2-7-17-48)58-42-43-61-62-22-13-24-64-65(44-45-67(69(62)64)73-68(61)46-58)72(56-38-30-52(31-39-56)49-18-8-3-9-19-49)57-40-32-53(33-41-57)59-21-12-23-63-60-20-10-11-25-66(60)74-70(59)63/h1-46H. The summed E-state index contributed by atoms with van der Waals surface area (Å²) in [6, 6.07) is 99.3. The van der Waals surface area contributed by atoms with Gasteiger partial charge in [-0.3, -0.25) is 0 Å². The molecule has 74 heavy (non-hydrogen) atoms. The minimum atomic E-state index is 0.811. The van der Waals surface area contributed by atoms with Crippen molar-refractivity contribution in [3.63, 3.8) is 0 Å². The second-order valence-electron chi connectivity index (χ2n) is 18.8. The summed E-state index contributed by atoms with van der Waals surface area (Å²) in [6.45, 7) is 0. The zero-order valence-corrected chi connectivity index (χ0v) is 40.3. The molecular weight excluding hydrogens is 901 g/mol. The van der Waals surface area contributed by atoms with Gasteiger partial charge in [-0.25, -0.2) is 0 Å². The number of rotatable bonds is 10. The van der Waals surface area contributed by atoms with Crippen LogP contribution in [-0.4, -0.2) is 0 Å². The number of hydrogen-bond acceptors (Lipinski definition) is 4. The van der Waals surface area contributed by atoms with E-state index in [2.05, 4.69) is 277 Å². The highest BCUT2D eigenvalue weighted by Gasteiger charge is 2.26. The van der Waals surface area contributed by atoms with E-state index in [-0.39, 0.29) is 0 Å². The van der Waals surface area contributed by atoms with Crippen molar-refractivity contribution in [2.75, 3.05) is 9.80 Å². The molecule has 14 rings (SSSR count). The molecule has 1 aromatic heterocycles. The van der Waals surface area contributed by atoms with E-state index in [9.17, 15) is 0 Å². The van der Waals surface area contributed by atoms with Crippen molar-refractivity contribution in [1.82, 2.24) is 0 Å². The van der Waals surface area contributed by atoms with Gasteiger partial charge in [0, 0.05) is 67.2 Å². The summed E-state index contributed by atoms with van der Waals surface area (Å²) >= 11 is 0. The van der Waals surface area contributed by atoms with Crippen molar-refractivity contribution in [3.8, 4) is 67.1 Å². The molecule has 0 bridgehead atoms. The van der Waals surface area contributed by atoms with Crippen molar-refractivity contribution in [2.45, 2.75) is 0 Å². The Morgan fingerprint density at radius 3 is 1.27 bits per heavy atom. The number of furan rings is 1. The maximum absolute atomic E-state index is 7.04. The Hall–Kier alpha value is -9.90. The summed E-state index contributed by atoms with van der Waals surface area (Å²) < 4.78 is 13.5. The Kier molecular flexibility index (Phi) is 10.5. The molecular formula is C70H46N2O2. The van der Waals surface area contributed by atoms with Crippen LogP contribution in [0.2, 0.25) is 0 Å². The largest absolute Gasteiger partial charge is 0.456 e. The monoisotopic (exact) mass is 946 g/mol. The SMILES string of the molecule is c1ccc(-c2ccc(N(c3ccc(-c4ccccc4)cc3)c3ccc4c(c3)Oc3ccc(N(c5ccc(-c6ccccc6)cc5)c5ccc(-c6cccc7c6oc6ccccc67)cc5)c5cccc-4c35)cc2)cc1. The van der Waals surface area contributed by atoms with Gasteiger partial charge in [0.05, 0.1) is 5.69 Å². The van der Waals surface area contributed by atoms with Gasteiger partial charge in [0.15, 0.2) is 0 Å². The summed E-state index contributed by atoms with van der Waals surface area (Å²) in [5, 5.41) is 4.41. The molecule has 348 valence electrons. The summed E-state index contributed by atoms with van der Waals surface area (Å²) in [7, 11) is 0. The molecule has 4 nitrogen and oxygen atoms in total. The van der Waals surface area contributed by atoms with Gasteiger partial charge in [0.2, 0.25) is 0 Å². The number of para-hydroxylation sites is 2. The predicted octanol–water partition coefficient (Wildman–Crippen LogP) is 20.1. The van der Waals surface area contributed by atoms with Gasteiger partial charge >= 0.3 is 0 Å². The first-order valence-electron chi connectivity index (χ1n) is 25.1. The number of fused-ring (bicyclic) bond motifs is 5. The fourth-order valence-corrected chi connectivity index (χ4v) is 10.9. The Bertz CT molecular complexity index is 4090. The lowest BCUT2D eigenvalue weighted by Gasteiger charge is -2.30. The van der Waals surface area contributed by atoms with Crippen molar-refractivity contribution in [2.24, 2.45) is 0 Å². The first-order valence-corrected chi connectivity index (χ1v) is 25.1. The molecule has 4 heteroatoms. The van der Waals surface area contributed by atoms with E-state index in [1.54, 1.807) is 0 Å². The molecule has 0 aliphatic carbocycles. The highest BCUT2D eigenvalue weighted by atomic mass is 16.5. The molecule has 2 heterocycles. The van der Waals surface area contributed by atoms with E-state index in [0.29, 0.717) is 0 Å². The van der Waals surface area contributed by atoms with E-state index in [1.165, 1.54) is 27.8 Å². The third kappa shape index (κ3) is 7.56. The molecule has 0 saturated carbocycles. The van der Waals surface area contributed by atoms with Crippen LogP contribution >= 0.6 is 0 Å². The zero-order valence-electron chi connectivity index (χ0n) is 40.3. The third-order valence-corrected chi connectivity index (χ3v) is 14.5. The van der Waals surface area contributed by atoms with Crippen LogP contribution in [0.25, 0.3) is 88.3 Å². The van der Waals surface area contributed by atoms with Crippen molar-refractivity contribution < 1.29 is 9.15 Å². The second kappa shape index (κ2) is 18.1. The molecule has 0 amide bonds. The van der Waals surface area contributed by atoms with E-state index in [4.69, 9.17) is 9.15 Å². The van der Waals surface area contributed by atoms with Crippen LogP contribution in [0.3, 0.4) is 0 Å². The Morgan fingerprint density at radius 2 is 0.703 bits per heavy atom. The molecule has 12 aromatic carbocycles. The maximum atomic E-state index is 7.04. The number of nitrogens with zero attached hydrogens (tertiary/aromatic N) is 2. The number of ether oxygens (including phenoxy) is 1. The molecule has 0 radical (unpaired) electrons. The van der Waals surface area contributed by atoms with Gasteiger partial charge in [0.25, 0.3) is 0 Å². The molecule has 1 aliphatic rings. The fraction of sp³-hybridized carbons (Fsp3) is 0. The van der Waals surface area contributed by atoms with Crippen LogP contribution in [0.5, 0.6) is 11.5 Å². The summed E-state index contributed by atoms with van der Waals surface area (Å²) in [5.74, 6) is 1.63. The Labute approximate surface area is 429 Å². The third-order valence-electron chi connectivity index (χ3n) is 14.5. The molecule has 0 saturated heterocycles. The fourth-order valence-electron chi connectivity index (χ4n) is 10.9. The molecule has 0 unspecified atom stereocenters. The van der Waals surface area contributed by atoms with E-state index in [1.807, 2.05) is 12.1 Å².